The van der Waals surface area contributed by atoms with Gasteiger partial charge in [-0.25, -0.2) is 4.79 Å². The summed E-state index contributed by atoms with van der Waals surface area (Å²) in [5, 5.41) is 0. The molecule has 0 aromatic heterocycles. The first-order valence-electron chi connectivity index (χ1n) is 7.56. The molecule has 1 fully saturated rings. The molecule has 2 rings (SSSR count). The lowest BCUT2D eigenvalue weighted by atomic mass is 9.86. The topological polar surface area (TPSA) is 55.6 Å². The Balaban J connectivity index is 2.09. The van der Waals surface area contributed by atoms with Crippen molar-refractivity contribution in [1.29, 1.82) is 0 Å². The highest BCUT2D eigenvalue weighted by molar-refractivity contribution is 5.68. The molecule has 4 nitrogen and oxygen atoms in total. The molecule has 0 spiro atoms. The molecule has 1 amide bonds. The summed E-state index contributed by atoms with van der Waals surface area (Å²) in [4.78, 5) is 14.0. The Bertz CT molecular complexity index is 491. The Kier molecular flexibility index (Phi) is 4.57. The summed E-state index contributed by atoms with van der Waals surface area (Å²) >= 11 is 0. The van der Waals surface area contributed by atoms with E-state index in [2.05, 4.69) is 31.2 Å². The molecule has 1 aliphatic heterocycles. The van der Waals surface area contributed by atoms with Crippen LogP contribution in [-0.4, -0.2) is 35.7 Å². The summed E-state index contributed by atoms with van der Waals surface area (Å²) in [6.07, 6.45) is 0.559. The van der Waals surface area contributed by atoms with E-state index in [0.717, 1.165) is 6.42 Å². The van der Waals surface area contributed by atoms with Crippen LogP contribution in [0, 0.1) is 6.92 Å². The fourth-order valence-corrected chi connectivity index (χ4v) is 2.63. The maximum absolute atomic E-state index is 12.2. The Labute approximate surface area is 127 Å². The summed E-state index contributed by atoms with van der Waals surface area (Å²) in [5.41, 5.74) is 8.22. The van der Waals surface area contributed by atoms with Crippen LogP contribution < -0.4 is 5.73 Å². The van der Waals surface area contributed by atoms with Crippen molar-refractivity contribution in [2.45, 2.75) is 51.7 Å². The Morgan fingerprint density at radius 1 is 1.29 bits per heavy atom. The molecule has 2 N–H and O–H groups in total. The molecular formula is C17H26N2O2. The second kappa shape index (κ2) is 6.06. The number of aryl methyl sites for hydroxylation is 1. The van der Waals surface area contributed by atoms with Gasteiger partial charge in [0.1, 0.15) is 5.60 Å². The van der Waals surface area contributed by atoms with Gasteiger partial charge < -0.3 is 15.4 Å². The predicted octanol–water partition coefficient (Wildman–Crippen LogP) is 3.05. The fraction of sp³-hybridized carbons (Fsp3) is 0.588. The number of benzene rings is 1. The number of hydrogen-bond acceptors (Lipinski definition) is 3. The van der Waals surface area contributed by atoms with Gasteiger partial charge in [0.2, 0.25) is 0 Å². The zero-order chi connectivity index (χ0) is 15.6. The van der Waals surface area contributed by atoms with Crippen molar-refractivity contribution in [2.24, 2.45) is 5.73 Å². The van der Waals surface area contributed by atoms with Crippen LogP contribution in [0.25, 0.3) is 0 Å². The number of piperidine rings is 1. The van der Waals surface area contributed by atoms with E-state index >= 15 is 0 Å². The van der Waals surface area contributed by atoms with E-state index in [-0.39, 0.29) is 18.1 Å². The maximum Gasteiger partial charge on any atom is 0.410 e. The smallest absolute Gasteiger partial charge is 0.410 e. The highest BCUT2D eigenvalue weighted by Gasteiger charge is 2.32. The lowest BCUT2D eigenvalue weighted by Gasteiger charge is -2.37. The number of nitrogens with zero attached hydrogens (tertiary/aromatic N) is 1. The second-order valence-corrected chi connectivity index (χ2v) is 6.90. The van der Waals surface area contributed by atoms with Crippen molar-refractivity contribution >= 4 is 6.09 Å². The van der Waals surface area contributed by atoms with Crippen LogP contribution in [0.1, 0.15) is 44.2 Å². The van der Waals surface area contributed by atoms with Crippen LogP contribution in [0.4, 0.5) is 4.79 Å². The molecule has 1 aromatic rings. The largest absolute Gasteiger partial charge is 0.444 e. The van der Waals surface area contributed by atoms with E-state index in [1.54, 1.807) is 4.90 Å². The number of amides is 1. The van der Waals surface area contributed by atoms with Crippen molar-refractivity contribution < 1.29 is 9.53 Å². The Morgan fingerprint density at radius 2 is 1.90 bits per heavy atom. The zero-order valence-electron chi connectivity index (χ0n) is 13.4. The molecule has 0 radical (unpaired) electrons. The van der Waals surface area contributed by atoms with Gasteiger partial charge in [-0.1, -0.05) is 29.8 Å². The highest BCUT2D eigenvalue weighted by Crippen LogP contribution is 2.27. The van der Waals surface area contributed by atoms with Crippen LogP contribution in [0.5, 0.6) is 0 Å². The van der Waals surface area contributed by atoms with Crippen LogP contribution in [0.3, 0.4) is 0 Å². The van der Waals surface area contributed by atoms with Gasteiger partial charge in [0.05, 0.1) is 0 Å². The molecule has 0 aliphatic carbocycles. The van der Waals surface area contributed by atoms with Crippen molar-refractivity contribution in [1.82, 2.24) is 4.90 Å². The number of likely N-dealkylation sites (tertiary alicyclic amines) is 1. The van der Waals surface area contributed by atoms with E-state index in [1.807, 2.05) is 20.8 Å². The molecule has 0 saturated carbocycles. The third kappa shape index (κ3) is 4.21. The van der Waals surface area contributed by atoms with Crippen LogP contribution >= 0.6 is 0 Å². The minimum Gasteiger partial charge on any atom is -0.444 e. The van der Waals surface area contributed by atoms with Crippen LogP contribution in [-0.2, 0) is 4.74 Å². The average Bonchev–Trinajstić information content (AvgIpc) is 2.38. The quantitative estimate of drug-likeness (QED) is 0.865. The number of ether oxygens (including phenoxy) is 1. The van der Waals surface area contributed by atoms with Crippen molar-refractivity contribution in [3.63, 3.8) is 0 Å². The zero-order valence-corrected chi connectivity index (χ0v) is 13.4. The van der Waals surface area contributed by atoms with E-state index < -0.39 is 5.60 Å². The molecule has 0 bridgehead atoms. The molecular weight excluding hydrogens is 264 g/mol. The van der Waals surface area contributed by atoms with Gasteiger partial charge in [-0.3, -0.25) is 0 Å². The minimum atomic E-state index is -0.462. The fourth-order valence-electron chi connectivity index (χ4n) is 2.63. The molecule has 4 heteroatoms. The second-order valence-electron chi connectivity index (χ2n) is 6.90. The van der Waals surface area contributed by atoms with Gasteiger partial charge in [0.25, 0.3) is 0 Å². The maximum atomic E-state index is 12.2. The van der Waals surface area contributed by atoms with Crippen molar-refractivity contribution in [2.75, 3.05) is 13.1 Å². The minimum absolute atomic E-state index is 0.0893. The Morgan fingerprint density at radius 3 is 2.48 bits per heavy atom. The Hall–Kier alpha value is -1.55. The van der Waals surface area contributed by atoms with Crippen molar-refractivity contribution in [3.05, 3.63) is 35.4 Å². The first-order chi connectivity index (χ1) is 9.76. The third-order valence-electron chi connectivity index (χ3n) is 3.82. The lowest BCUT2D eigenvalue weighted by molar-refractivity contribution is 0.0186. The standard InChI is InChI=1S/C17H26N2O2/c1-12-5-7-13(8-6-12)14-11-19(10-9-15(14)18)16(20)21-17(2,3)4/h5-8,14-15H,9-11,18H2,1-4H3/t14-,15-/m0/s1. The predicted molar refractivity (Wildman–Crippen MR) is 84.3 cm³/mol. The normalized spacial score (nSPS) is 23.0. The van der Waals surface area contributed by atoms with Crippen LogP contribution in [0.15, 0.2) is 24.3 Å². The molecule has 1 aliphatic rings. The van der Waals surface area contributed by atoms with E-state index in [1.165, 1.54) is 11.1 Å². The molecule has 21 heavy (non-hydrogen) atoms. The number of rotatable bonds is 1. The first kappa shape index (κ1) is 15.8. The van der Waals surface area contributed by atoms with E-state index in [9.17, 15) is 4.79 Å². The third-order valence-corrected chi connectivity index (χ3v) is 3.82. The van der Waals surface area contributed by atoms with E-state index in [0.29, 0.717) is 13.1 Å². The molecule has 1 saturated heterocycles. The number of carbonyl (C=O) groups excluding carboxylic acids is 1. The molecule has 1 aromatic carbocycles. The summed E-state index contributed by atoms with van der Waals surface area (Å²) in [6, 6.07) is 8.49. The number of carbonyl (C=O) groups is 1. The van der Waals surface area contributed by atoms with Gasteiger partial charge in [-0.05, 0) is 39.7 Å². The molecule has 1 heterocycles. The SMILES string of the molecule is Cc1ccc([C@@H]2CN(C(=O)OC(C)(C)C)CC[C@@H]2N)cc1. The van der Waals surface area contributed by atoms with Gasteiger partial charge in [-0.15, -0.1) is 0 Å². The molecule has 0 unspecified atom stereocenters. The number of hydrogen-bond donors (Lipinski definition) is 1. The highest BCUT2D eigenvalue weighted by atomic mass is 16.6. The summed E-state index contributed by atoms with van der Waals surface area (Å²) < 4.78 is 5.46. The van der Waals surface area contributed by atoms with Crippen LogP contribution in [0.2, 0.25) is 0 Å². The molecule has 116 valence electrons. The summed E-state index contributed by atoms with van der Waals surface area (Å²) in [6.45, 7) is 9.02. The first-order valence-corrected chi connectivity index (χ1v) is 7.56. The molecule has 2 atom stereocenters. The lowest BCUT2D eigenvalue weighted by Crippen LogP contribution is -2.49. The summed E-state index contributed by atoms with van der Waals surface area (Å²) in [5.74, 6) is 0.173. The van der Waals surface area contributed by atoms with Gasteiger partial charge in [0.15, 0.2) is 0 Å². The van der Waals surface area contributed by atoms with Crippen molar-refractivity contribution in [3.8, 4) is 0 Å². The summed E-state index contributed by atoms with van der Waals surface area (Å²) in [7, 11) is 0. The average molecular weight is 290 g/mol. The number of nitrogens with two attached hydrogens (primary N) is 1. The van der Waals surface area contributed by atoms with Gasteiger partial charge >= 0.3 is 6.09 Å². The van der Waals surface area contributed by atoms with E-state index in [4.69, 9.17) is 10.5 Å². The van der Waals surface area contributed by atoms with Gasteiger partial charge in [-0.2, -0.15) is 0 Å². The monoisotopic (exact) mass is 290 g/mol. The van der Waals surface area contributed by atoms with Gasteiger partial charge in [0, 0.05) is 25.0 Å².